The van der Waals surface area contributed by atoms with Gasteiger partial charge in [-0.1, -0.05) is 0 Å². The van der Waals surface area contributed by atoms with E-state index in [1.165, 1.54) is 6.07 Å². The minimum atomic E-state index is -4.30. The maximum absolute atomic E-state index is 12.1. The van der Waals surface area contributed by atoms with Crippen LogP contribution in [0.4, 0.5) is 13.2 Å². The van der Waals surface area contributed by atoms with Crippen LogP contribution >= 0.6 is 11.3 Å². The van der Waals surface area contributed by atoms with Crippen LogP contribution in [0, 0.1) is 0 Å². The van der Waals surface area contributed by atoms with Gasteiger partial charge >= 0.3 is 6.18 Å². The van der Waals surface area contributed by atoms with E-state index in [9.17, 15) is 22.8 Å². The van der Waals surface area contributed by atoms with Crippen LogP contribution < -0.4 is 5.32 Å². The van der Waals surface area contributed by atoms with Crippen molar-refractivity contribution >= 4 is 23.2 Å². The van der Waals surface area contributed by atoms with E-state index >= 15 is 0 Å². The Hall–Kier alpha value is -1.37. The fourth-order valence-electron chi connectivity index (χ4n) is 1.48. The smallest absolute Gasteiger partial charge is 0.292 e. The summed E-state index contributed by atoms with van der Waals surface area (Å²) in [5.41, 5.74) is 0.184. The molecule has 0 unspecified atom stereocenters. The zero-order valence-corrected chi connectivity index (χ0v) is 8.67. The van der Waals surface area contributed by atoms with Gasteiger partial charge < -0.3 is 0 Å². The number of halogens is 3. The van der Waals surface area contributed by atoms with Gasteiger partial charge in [-0.15, -0.1) is 11.3 Å². The zero-order chi connectivity index (χ0) is 11.9. The summed E-state index contributed by atoms with van der Waals surface area (Å²) in [5, 5.41) is 2.06. The average Bonchev–Trinajstić information content (AvgIpc) is 2.43. The molecule has 2 amide bonds. The number of carbonyl (C=O) groups is 2. The summed E-state index contributed by atoms with van der Waals surface area (Å²) in [6.07, 6.45) is -5.39. The lowest BCUT2D eigenvalue weighted by molar-refractivity contribution is -0.126. The van der Waals surface area contributed by atoms with Gasteiger partial charge in [-0.2, -0.15) is 13.2 Å². The Morgan fingerprint density at radius 2 is 2.06 bits per heavy atom. The van der Waals surface area contributed by atoms with Gasteiger partial charge in [0.05, 0.1) is 18.4 Å². The second kappa shape index (κ2) is 3.58. The van der Waals surface area contributed by atoms with Crippen molar-refractivity contribution in [1.29, 1.82) is 0 Å². The summed E-state index contributed by atoms with van der Waals surface area (Å²) >= 11 is 0.868. The van der Waals surface area contributed by atoms with Crippen molar-refractivity contribution in [3.8, 4) is 0 Å². The molecule has 0 saturated heterocycles. The number of imide groups is 1. The summed E-state index contributed by atoms with van der Waals surface area (Å²) in [4.78, 5) is 22.7. The van der Waals surface area contributed by atoms with E-state index in [1.54, 1.807) is 0 Å². The minimum absolute atomic E-state index is 0.0242. The van der Waals surface area contributed by atoms with E-state index < -0.39 is 24.4 Å². The minimum Gasteiger partial charge on any atom is -0.292 e. The summed E-state index contributed by atoms with van der Waals surface area (Å²) in [7, 11) is 0. The standard InChI is InChI=1S/C9H6F3NO2S/c10-9(11,12)3-4-1-5-6(16-4)2-7(14)13-8(5)15/h1H,2-3H2,(H,13,14,15). The van der Waals surface area contributed by atoms with Crippen molar-refractivity contribution in [2.45, 2.75) is 19.0 Å². The molecule has 0 aliphatic carbocycles. The molecule has 0 atom stereocenters. The molecule has 1 N–H and O–H groups in total. The van der Waals surface area contributed by atoms with Crippen LogP contribution in [-0.2, 0) is 17.6 Å². The molecule has 3 nitrogen and oxygen atoms in total. The molecule has 7 heteroatoms. The molecule has 0 saturated carbocycles. The van der Waals surface area contributed by atoms with E-state index in [0.717, 1.165) is 11.3 Å². The van der Waals surface area contributed by atoms with Gasteiger partial charge in [0, 0.05) is 9.75 Å². The monoisotopic (exact) mass is 249 g/mol. The van der Waals surface area contributed by atoms with E-state index in [1.807, 2.05) is 0 Å². The normalized spacial score (nSPS) is 15.9. The molecule has 86 valence electrons. The van der Waals surface area contributed by atoms with E-state index in [2.05, 4.69) is 5.32 Å². The van der Waals surface area contributed by atoms with Crippen molar-refractivity contribution in [1.82, 2.24) is 5.32 Å². The molecule has 0 radical (unpaired) electrons. The van der Waals surface area contributed by atoms with Crippen molar-refractivity contribution in [3.63, 3.8) is 0 Å². The molecule has 1 aromatic rings. The molecular weight excluding hydrogens is 243 g/mol. The largest absolute Gasteiger partial charge is 0.393 e. The number of carbonyl (C=O) groups excluding carboxylic acids is 2. The first-order chi connectivity index (χ1) is 7.35. The van der Waals surface area contributed by atoms with Crippen LogP contribution in [0.25, 0.3) is 0 Å². The number of thiophene rings is 1. The van der Waals surface area contributed by atoms with Crippen LogP contribution in [0.1, 0.15) is 20.1 Å². The number of nitrogens with one attached hydrogen (secondary N) is 1. The molecule has 0 aromatic carbocycles. The Bertz CT molecular complexity index is 464. The Kier molecular flexibility index (Phi) is 2.49. The Labute approximate surface area is 92.3 Å². The van der Waals surface area contributed by atoms with Crippen LogP contribution in [0.15, 0.2) is 6.07 Å². The summed E-state index contributed by atoms with van der Waals surface area (Å²) in [6, 6.07) is 1.20. The maximum atomic E-state index is 12.1. The quantitative estimate of drug-likeness (QED) is 0.769. The fraction of sp³-hybridized carbons (Fsp3) is 0.333. The van der Waals surface area contributed by atoms with Crippen LogP contribution in [-0.4, -0.2) is 18.0 Å². The molecule has 1 aromatic heterocycles. The van der Waals surface area contributed by atoms with Crippen LogP contribution in [0.3, 0.4) is 0 Å². The van der Waals surface area contributed by atoms with E-state index in [0.29, 0.717) is 4.88 Å². The van der Waals surface area contributed by atoms with Gasteiger partial charge in [0.1, 0.15) is 0 Å². The number of fused-ring (bicyclic) bond motifs is 1. The van der Waals surface area contributed by atoms with Crippen molar-refractivity contribution in [2.24, 2.45) is 0 Å². The molecule has 16 heavy (non-hydrogen) atoms. The zero-order valence-electron chi connectivity index (χ0n) is 7.85. The lowest BCUT2D eigenvalue weighted by Gasteiger charge is -2.09. The molecule has 0 bridgehead atoms. The molecule has 0 fully saturated rings. The first-order valence-corrected chi connectivity index (χ1v) is 5.19. The lowest BCUT2D eigenvalue weighted by Crippen LogP contribution is -2.36. The highest BCUT2D eigenvalue weighted by Gasteiger charge is 2.31. The van der Waals surface area contributed by atoms with E-state index in [-0.39, 0.29) is 16.9 Å². The van der Waals surface area contributed by atoms with Crippen molar-refractivity contribution in [3.05, 3.63) is 21.4 Å². The fourth-order valence-corrected chi connectivity index (χ4v) is 2.67. The Morgan fingerprint density at radius 3 is 2.69 bits per heavy atom. The lowest BCUT2D eigenvalue weighted by atomic mass is 10.1. The van der Waals surface area contributed by atoms with Crippen LogP contribution in [0.2, 0.25) is 0 Å². The number of hydrogen-bond donors (Lipinski definition) is 1. The number of amides is 2. The first kappa shape index (κ1) is 11.1. The van der Waals surface area contributed by atoms with Crippen molar-refractivity contribution < 1.29 is 22.8 Å². The van der Waals surface area contributed by atoms with Gasteiger partial charge in [-0.3, -0.25) is 14.9 Å². The summed E-state index contributed by atoms with van der Waals surface area (Å²) in [6.45, 7) is 0. The van der Waals surface area contributed by atoms with Gasteiger partial charge in [-0.25, -0.2) is 0 Å². The Balaban J connectivity index is 2.30. The highest BCUT2D eigenvalue weighted by atomic mass is 32.1. The molecule has 1 aliphatic heterocycles. The highest BCUT2D eigenvalue weighted by Crippen LogP contribution is 2.30. The predicted molar refractivity (Wildman–Crippen MR) is 50.3 cm³/mol. The first-order valence-electron chi connectivity index (χ1n) is 4.38. The molecular formula is C9H6F3NO2S. The number of hydrogen-bond acceptors (Lipinski definition) is 3. The van der Waals surface area contributed by atoms with Gasteiger partial charge in [0.15, 0.2) is 0 Å². The number of rotatable bonds is 1. The highest BCUT2D eigenvalue weighted by molar-refractivity contribution is 7.12. The van der Waals surface area contributed by atoms with Gasteiger partial charge in [-0.05, 0) is 6.07 Å². The third kappa shape index (κ3) is 2.24. The molecule has 1 aliphatic rings. The van der Waals surface area contributed by atoms with Crippen molar-refractivity contribution in [2.75, 3.05) is 0 Å². The van der Waals surface area contributed by atoms with E-state index in [4.69, 9.17) is 0 Å². The maximum Gasteiger partial charge on any atom is 0.393 e. The van der Waals surface area contributed by atoms with Gasteiger partial charge in [0.2, 0.25) is 5.91 Å². The molecule has 0 spiro atoms. The Morgan fingerprint density at radius 1 is 1.38 bits per heavy atom. The molecule has 2 heterocycles. The molecule has 2 rings (SSSR count). The predicted octanol–water partition coefficient (Wildman–Crippen LogP) is 1.67. The van der Waals surface area contributed by atoms with Crippen LogP contribution in [0.5, 0.6) is 0 Å². The third-order valence-corrected chi connectivity index (χ3v) is 3.19. The SMILES string of the molecule is O=C1Cc2sc(CC(F)(F)F)cc2C(=O)N1. The summed E-state index contributed by atoms with van der Waals surface area (Å²) in [5.74, 6) is -1.09. The topological polar surface area (TPSA) is 46.2 Å². The third-order valence-electron chi connectivity index (χ3n) is 2.05. The average molecular weight is 249 g/mol. The number of alkyl halides is 3. The van der Waals surface area contributed by atoms with Gasteiger partial charge in [0.25, 0.3) is 5.91 Å². The second-order valence-electron chi connectivity index (χ2n) is 3.40. The second-order valence-corrected chi connectivity index (χ2v) is 4.62. The summed E-state index contributed by atoms with van der Waals surface area (Å²) < 4.78 is 36.4.